The molecule has 0 unspecified atom stereocenters. The number of carbonyl (C=O) groups excluding carboxylic acids is 2. The molecule has 2 aliphatic rings. The SMILES string of the molecule is COc1ccc(N=C2S[C@H](C(=O)Nc3cccc(Cl)c3)CC(=O)N2Cc2ccc3c(c2)OCO3)cc1. The Labute approximate surface area is 217 Å². The highest BCUT2D eigenvalue weighted by atomic mass is 35.5. The highest BCUT2D eigenvalue weighted by Gasteiger charge is 2.36. The summed E-state index contributed by atoms with van der Waals surface area (Å²) in [5.41, 5.74) is 2.06. The Morgan fingerprint density at radius 3 is 2.72 bits per heavy atom. The van der Waals surface area contributed by atoms with Gasteiger partial charge in [0.05, 0.1) is 19.3 Å². The Morgan fingerprint density at radius 2 is 1.94 bits per heavy atom. The smallest absolute Gasteiger partial charge is 0.238 e. The standard InChI is InChI=1S/C26H22ClN3O5S/c1-33-20-8-6-18(7-9-20)29-26-30(14-16-5-10-21-22(11-16)35-15-34-21)24(31)13-23(36-26)25(32)28-19-4-2-3-17(27)12-19/h2-12,23H,13-15H2,1H3,(H,28,32)/t23-/m0/s1. The largest absolute Gasteiger partial charge is 0.497 e. The number of nitrogens with zero attached hydrogens (tertiary/aromatic N) is 2. The lowest BCUT2D eigenvalue weighted by Crippen LogP contribution is -2.44. The lowest BCUT2D eigenvalue weighted by Gasteiger charge is -2.32. The average Bonchev–Trinajstić information content (AvgIpc) is 3.34. The highest BCUT2D eigenvalue weighted by molar-refractivity contribution is 8.15. The van der Waals surface area contributed by atoms with Crippen molar-refractivity contribution >= 4 is 51.7 Å². The molecule has 0 aromatic heterocycles. The van der Waals surface area contributed by atoms with Gasteiger partial charge < -0.3 is 19.5 Å². The van der Waals surface area contributed by atoms with E-state index in [9.17, 15) is 9.59 Å². The van der Waals surface area contributed by atoms with E-state index >= 15 is 0 Å². The third-order valence-corrected chi connectivity index (χ3v) is 7.02. The maximum absolute atomic E-state index is 13.3. The van der Waals surface area contributed by atoms with Gasteiger partial charge in [0.2, 0.25) is 18.6 Å². The first-order valence-electron chi connectivity index (χ1n) is 11.1. The lowest BCUT2D eigenvalue weighted by molar-refractivity contribution is -0.129. The first-order valence-corrected chi connectivity index (χ1v) is 12.4. The maximum Gasteiger partial charge on any atom is 0.238 e. The zero-order valence-electron chi connectivity index (χ0n) is 19.3. The molecule has 0 saturated carbocycles. The minimum Gasteiger partial charge on any atom is -0.497 e. The Kier molecular flexibility index (Phi) is 7.02. The van der Waals surface area contributed by atoms with E-state index in [2.05, 4.69) is 5.32 Å². The summed E-state index contributed by atoms with van der Waals surface area (Å²) >= 11 is 7.29. The van der Waals surface area contributed by atoms with Crippen LogP contribution in [0.1, 0.15) is 12.0 Å². The zero-order chi connectivity index (χ0) is 25.1. The molecule has 2 heterocycles. The third kappa shape index (κ3) is 5.42. The number of aliphatic imine (C=N–C) groups is 1. The third-order valence-electron chi connectivity index (χ3n) is 5.60. The van der Waals surface area contributed by atoms with Crippen molar-refractivity contribution in [1.29, 1.82) is 0 Å². The number of amides is 2. The summed E-state index contributed by atoms with van der Waals surface area (Å²) in [6, 6.07) is 19.6. The van der Waals surface area contributed by atoms with Gasteiger partial charge in [0, 0.05) is 17.1 Å². The number of ether oxygens (including phenoxy) is 3. The van der Waals surface area contributed by atoms with Crippen LogP contribution in [-0.2, 0) is 16.1 Å². The lowest BCUT2D eigenvalue weighted by atomic mass is 10.1. The van der Waals surface area contributed by atoms with Crippen LogP contribution in [0.2, 0.25) is 5.02 Å². The maximum atomic E-state index is 13.3. The Hall–Kier alpha value is -3.69. The normalized spacial score (nSPS) is 17.8. The summed E-state index contributed by atoms with van der Waals surface area (Å²) in [6.45, 7) is 0.449. The molecule has 2 amide bonds. The first kappa shape index (κ1) is 24.0. The molecule has 8 nitrogen and oxygen atoms in total. The van der Waals surface area contributed by atoms with Gasteiger partial charge in [0.25, 0.3) is 0 Å². The second-order valence-electron chi connectivity index (χ2n) is 8.07. The number of hydrogen-bond acceptors (Lipinski definition) is 7. The van der Waals surface area contributed by atoms with E-state index in [1.54, 1.807) is 60.5 Å². The fraction of sp³-hybridized carbons (Fsp3) is 0.192. The first-order chi connectivity index (χ1) is 17.5. The van der Waals surface area contributed by atoms with Crippen LogP contribution in [0, 0.1) is 0 Å². The molecule has 0 aliphatic carbocycles. The molecule has 1 saturated heterocycles. The number of carbonyl (C=O) groups is 2. The molecule has 0 spiro atoms. The van der Waals surface area contributed by atoms with Gasteiger partial charge >= 0.3 is 0 Å². The molecule has 5 rings (SSSR count). The molecule has 184 valence electrons. The van der Waals surface area contributed by atoms with Crippen LogP contribution >= 0.6 is 23.4 Å². The molecular formula is C26H22ClN3O5S. The number of thioether (sulfide) groups is 1. The Bertz CT molecular complexity index is 1330. The monoisotopic (exact) mass is 523 g/mol. The van der Waals surface area contributed by atoms with Crippen molar-refractivity contribution in [3.05, 3.63) is 77.3 Å². The molecular weight excluding hydrogens is 502 g/mol. The van der Waals surface area contributed by atoms with Gasteiger partial charge in [-0.2, -0.15) is 0 Å². The minimum atomic E-state index is -0.651. The van der Waals surface area contributed by atoms with Crippen molar-refractivity contribution in [3.8, 4) is 17.2 Å². The summed E-state index contributed by atoms with van der Waals surface area (Å²) in [6.07, 6.45) is 0.0310. The van der Waals surface area contributed by atoms with Crippen molar-refractivity contribution in [2.24, 2.45) is 4.99 Å². The minimum absolute atomic E-state index is 0.0310. The molecule has 0 radical (unpaired) electrons. The molecule has 0 bridgehead atoms. The number of halogens is 1. The summed E-state index contributed by atoms with van der Waals surface area (Å²) < 4.78 is 16.1. The molecule has 1 atom stereocenters. The number of hydrogen-bond donors (Lipinski definition) is 1. The van der Waals surface area contributed by atoms with Crippen molar-refractivity contribution in [2.75, 3.05) is 19.2 Å². The number of amidine groups is 1. The van der Waals surface area contributed by atoms with Crippen LogP contribution in [0.25, 0.3) is 0 Å². The number of rotatable bonds is 6. The van der Waals surface area contributed by atoms with Gasteiger partial charge in [-0.25, -0.2) is 4.99 Å². The van der Waals surface area contributed by atoms with E-state index in [1.165, 1.54) is 11.8 Å². The van der Waals surface area contributed by atoms with Crippen molar-refractivity contribution < 1.29 is 23.8 Å². The van der Waals surface area contributed by atoms with Crippen LogP contribution in [0.3, 0.4) is 0 Å². The van der Waals surface area contributed by atoms with Crippen LogP contribution in [-0.4, -0.2) is 41.0 Å². The predicted molar refractivity (Wildman–Crippen MR) is 139 cm³/mol. The van der Waals surface area contributed by atoms with Crippen LogP contribution in [0.5, 0.6) is 17.2 Å². The number of fused-ring (bicyclic) bond motifs is 1. The van der Waals surface area contributed by atoms with Gasteiger partial charge in [-0.05, 0) is 60.2 Å². The van der Waals surface area contributed by atoms with Crippen molar-refractivity contribution in [2.45, 2.75) is 18.2 Å². The Morgan fingerprint density at radius 1 is 1.14 bits per heavy atom. The fourth-order valence-electron chi connectivity index (χ4n) is 3.77. The summed E-state index contributed by atoms with van der Waals surface area (Å²) in [5.74, 6) is 1.51. The quantitative estimate of drug-likeness (QED) is 0.475. The average molecular weight is 524 g/mol. The highest BCUT2D eigenvalue weighted by Crippen LogP contribution is 2.35. The molecule has 1 fully saturated rings. The van der Waals surface area contributed by atoms with E-state index in [0.717, 1.165) is 5.56 Å². The van der Waals surface area contributed by atoms with Gasteiger partial charge in [-0.3, -0.25) is 14.5 Å². The predicted octanol–water partition coefficient (Wildman–Crippen LogP) is 5.24. The van der Waals surface area contributed by atoms with Crippen molar-refractivity contribution in [1.82, 2.24) is 4.90 Å². The second kappa shape index (κ2) is 10.5. The molecule has 10 heteroatoms. The second-order valence-corrected chi connectivity index (χ2v) is 9.68. The number of methoxy groups -OCH3 is 1. The summed E-state index contributed by atoms with van der Waals surface area (Å²) in [4.78, 5) is 32.7. The molecule has 2 aliphatic heterocycles. The Balaban J connectivity index is 1.41. The van der Waals surface area contributed by atoms with E-state index in [-0.39, 0.29) is 31.6 Å². The van der Waals surface area contributed by atoms with E-state index in [1.807, 2.05) is 18.2 Å². The van der Waals surface area contributed by atoms with Crippen LogP contribution in [0.4, 0.5) is 11.4 Å². The van der Waals surface area contributed by atoms with Crippen LogP contribution < -0.4 is 19.5 Å². The van der Waals surface area contributed by atoms with Gasteiger partial charge in [-0.1, -0.05) is 35.5 Å². The number of nitrogens with one attached hydrogen (secondary N) is 1. The van der Waals surface area contributed by atoms with E-state index in [4.69, 9.17) is 30.8 Å². The van der Waals surface area contributed by atoms with Crippen molar-refractivity contribution in [3.63, 3.8) is 0 Å². The van der Waals surface area contributed by atoms with E-state index in [0.29, 0.717) is 38.8 Å². The number of benzene rings is 3. The van der Waals surface area contributed by atoms with Gasteiger partial charge in [0.1, 0.15) is 11.0 Å². The zero-order valence-corrected chi connectivity index (χ0v) is 20.8. The summed E-state index contributed by atoms with van der Waals surface area (Å²) in [7, 11) is 1.59. The van der Waals surface area contributed by atoms with Gasteiger partial charge in [-0.15, -0.1) is 0 Å². The molecule has 3 aromatic carbocycles. The topological polar surface area (TPSA) is 89.5 Å². The molecule has 3 aromatic rings. The van der Waals surface area contributed by atoms with Gasteiger partial charge in [0.15, 0.2) is 16.7 Å². The fourth-order valence-corrected chi connectivity index (χ4v) is 5.06. The summed E-state index contributed by atoms with van der Waals surface area (Å²) in [5, 5.41) is 3.14. The van der Waals surface area contributed by atoms with E-state index < -0.39 is 5.25 Å². The molecule has 36 heavy (non-hydrogen) atoms. The van der Waals surface area contributed by atoms with Crippen LogP contribution in [0.15, 0.2) is 71.7 Å². The molecule has 1 N–H and O–H groups in total. The number of anilines is 1.